The van der Waals surface area contributed by atoms with Gasteiger partial charge in [-0.05, 0) is 41.7 Å². The van der Waals surface area contributed by atoms with E-state index in [0.717, 1.165) is 9.75 Å². The van der Waals surface area contributed by atoms with Gasteiger partial charge >= 0.3 is 0 Å². The first kappa shape index (κ1) is 13.6. The molecule has 96 valence electrons. The second-order valence-corrected chi connectivity index (χ2v) is 5.41. The topological polar surface area (TPSA) is 26.3 Å². The smallest absolute Gasteiger partial charge is 0.232 e. The summed E-state index contributed by atoms with van der Waals surface area (Å²) in [5, 5.41) is 3.88. The van der Waals surface area contributed by atoms with Crippen LogP contribution in [0.3, 0.4) is 0 Å². The maximum absolute atomic E-state index is 11.8. The fraction of sp³-hybridized carbons (Fsp3) is 0.133. The molecular weight excluding hydrogens is 276 g/mol. The van der Waals surface area contributed by atoms with Crippen molar-refractivity contribution in [1.29, 1.82) is 0 Å². The van der Waals surface area contributed by atoms with Gasteiger partial charge in [0.15, 0.2) is 0 Å². The lowest BCUT2D eigenvalue weighted by molar-refractivity contribution is -0.109. The number of allylic oxidation sites excluding steroid dienone is 1. The summed E-state index contributed by atoms with van der Waals surface area (Å²) in [6.45, 7) is 2.42. The number of ether oxygens (including phenoxy) is 1. The molecule has 0 aliphatic carbocycles. The molecule has 4 heteroatoms. The molecule has 0 radical (unpaired) electrons. The highest BCUT2D eigenvalue weighted by atomic mass is 32.1. The van der Waals surface area contributed by atoms with Gasteiger partial charge in [-0.3, -0.25) is 4.79 Å². The van der Waals surface area contributed by atoms with Gasteiger partial charge in [-0.2, -0.15) is 0 Å². The summed E-state index contributed by atoms with van der Waals surface area (Å²) in [7, 11) is 0. The molecule has 2 aromatic rings. The van der Waals surface area contributed by atoms with Crippen LogP contribution in [0.1, 0.15) is 16.7 Å². The van der Waals surface area contributed by atoms with Crippen molar-refractivity contribution < 1.29 is 9.53 Å². The number of carbonyl (C=O) groups excluding carboxylic acids is 1. The van der Waals surface area contributed by atoms with E-state index in [9.17, 15) is 4.79 Å². The maximum Gasteiger partial charge on any atom is 0.232 e. The average Bonchev–Trinajstić information content (AvgIpc) is 3.09. The van der Waals surface area contributed by atoms with E-state index >= 15 is 0 Å². The Hall–Kier alpha value is -1.83. The molecule has 2 nitrogen and oxygen atoms in total. The molecule has 0 unspecified atom stereocenters. The quantitative estimate of drug-likeness (QED) is 0.486. The van der Waals surface area contributed by atoms with Gasteiger partial charge in [-0.15, -0.1) is 22.7 Å². The molecular formula is C15H12O2S2. The van der Waals surface area contributed by atoms with Crippen molar-refractivity contribution in [2.45, 2.75) is 6.92 Å². The van der Waals surface area contributed by atoms with E-state index < -0.39 is 0 Å². The molecule has 0 amide bonds. The minimum absolute atomic E-state index is 0.245. The third-order valence-corrected chi connectivity index (χ3v) is 3.83. The summed E-state index contributed by atoms with van der Waals surface area (Å²) in [5.41, 5.74) is 0. The van der Waals surface area contributed by atoms with Gasteiger partial charge in [0.25, 0.3) is 0 Å². The van der Waals surface area contributed by atoms with Crippen molar-refractivity contribution in [3.8, 4) is 11.8 Å². The molecule has 0 spiro atoms. The molecule has 0 fully saturated rings. The van der Waals surface area contributed by atoms with Gasteiger partial charge in [0.2, 0.25) is 5.78 Å². The van der Waals surface area contributed by atoms with Crippen molar-refractivity contribution in [2.75, 3.05) is 6.61 Å². The normalized spacial score (nSPS) is 10.7. The Kier molecular flexibility index (Phi) is 4.96. The first-order valence-corrected chi connectivity index (χ1v) is 7.53. The highest BCUT2D eigenvalue weighted by molar-refractivity contribution is 7.11. The molecule has 0 aromatic carbocycles. The largest absolute Gasteiger partial charge is 0.492 e. The van der Waals surface area contributed by atoms with Crippen molar-refractivity contribution in [3.63, 3.8) is 0 Å². The second kappa shape index (κ2) is 6.93. The van der Waals surface area contributed by atoms with Crippen LogP contribution in [-0.2, 0) is 9.53 Å². The van der Waals surface area contributed by atoms with Crippen LogP contribution in [0.4, 0.5) is 0 Å². The van der Waals surface area contributed by atoms with Crippen LogP contribution in [0.15, 0.2) is 41.1 Å². The Morgan fingerprint density at radius 2 is 2.11 bits per heavy atom. The van der Waals surface area contributed by atoms with E-state index in [1.807, 2.05) is 41.9 Å². The third kappa shape index (κ3) is 4.09. The van der Waals surface area contributed by atoms with Crippen molar-refractivity contribution >= 4 is 34.2 Å². The van der Waals surface area contributed by atoms with Crippen molar-refractivity contribution in [3.05, 3.63) is 50.9 Å². The number of thiophene rings is 2. The minimum Gasteiger partial charge on any atom is -0.492 e. The summed E-state index contributed by atoms with van der Waals surface area (Å²) >= 11 is 3.05. The van der Waals surface area contributed by atoms with Gasteiger partial charge in [-0.25, -0.2) is 0 Å². The Labute approximate surface area is 120 Å². The van der Waals surface area contributed by atoms with E-state index in [4.69, 9.17) is 4.74 Å². The molecule has 0 saturated heterocycles. The van der Waals surface area contributed by atoms with E-state index in [2.05, 4.69) is 11.8 Å². The van der Waals surface area contributed by atoms with E-state index in [1.165, 1.54) is 28.7 Å². The summed E-state index contributed by atoms with van der Waals surface area (Å²) in [5.74, 6) is 5.79. The first-order chi connectivity index (χ1) is 9.29. The number of carbonyl (C=O) groups is 1. The SMILES string of the molecule is CCO/C(=C/C(=O)C#Cc1cccs1)c1cccs1. The Bertz CT molecular complexity index is 611. The predicted molar refractivity (Wildman–Crippen MR) is 80.1 cm³/mol. The molecule has 19 heavy (non-hydrogen) atoms. The zero-order valence-corrected chi connectivity index (χ0v) is 12.0. The monoisotopic (exact) mass is 288 g/mol. The highest BCUT2D eigenvalue weighted by Gasteiger charge is 2.05. The number of hydrogen-bond donors (Lipinski definition) is 0. The fourth-order valence-electron chi connectivity index (χ4n) is 1.39. The van der Waals surface area contributed by atoms with Gasteiger partial charge in [0.1, 0.15) is 5.76 Å². The summed E-state index contributed by atoms with van der Waals surface area (Å²) in [6.07, 6.45) is 1.45. The molecule has 2 rings (SSSR count). The third-order valence-electron chi connectivity index (χ3n) is 2.16. The lowest BCUT2D eigenvalue weighted by atomic mass is 10.3. The van der Waals surface area contributed by atoms with Crippen LogP contribution in [0.25, 0.3) is 5.76 Å². The molecule has 0 atom stereocenters. The van der Waals surface area contributed by atoms with Crippen molar-refractivity contribution in [2.24, 2.45) is 0 Å². The molecule has 0 aliphatic rings. The van der Waals surface area contributed by atoms with Gasteiger partial charge < -0.3 is 4.74 Å². The fourth-order valence-corrected chi connectivity index (χ4v) is 2.65. The van der Waals surface area contributed by atoms with E-state index in [-0.39, 0.29) is 5.78 Å². The van der Waals surface area contributed by atoms with E-state index in [0.29, 0.717) is 12.4 Å². The molecule has 0 saturated carbocycles. The zero-order chi connectivity index (χ0) is 13.5. The lowest BCUT2D eigenvalue weighted by Gasteiger charge is -2.04. The van der Waals surface area contributed by atoms with Crippen LogP contribution in [0, 0.1) is 11.8 Å². The van der Waals surface area contributed by atoms with Gasteiger partial charge in [0.05, 0.1) is 16.4 Å². The Morgan fingerprint density at radius 1 is 1.32 bits per heavy atom. The molecule has 0 aliphatic heterocycles. The van der Waals surface area contributed by atoms with E-state index in [1.54, 1.807) is 0 Å². The first-order valence-electron chi connectivity index (χ1n) is 5.77. The molecule has 0 N–H and O–H groups in total. The lowest BCUT2D eigenvalue weighted by Crippen LogP contribution is -1.94. The standard InChI is InChI=1S/C15H12O2S2/c1-2-17-14(15-6-4-10-19-15)11-12(16)7-8-13-5-3-9-18-13/h3-6,9-11H,2H2,1H3/b14-11+. The van der Waals surface area contributed by atoms with Crippen LogP contribution >= 0.6 is 22.7 Å². The number of rotatable bonds is 4. The van der Waals surface area contributed by atoms with Crippen LogP contribution < -0.4 is 0 Å². The summed E-state index contributed by atoms with van der Waals surface area (Å²) in [6, 6.07) is 7.64. The van der Waals surface area contributed by atoms with Gasteiger partial charge in [-0.1, -0.05) is 12.1 Å². The molecule has 2 heterocycles. The van der Waals surface area contributed by atoms with Crippen LogP contribution in [0.5, 0.6) is 0 Å². The van der Waals surface area contributed by atoms with Crippen molar-refractivity contribution in [1.82, 2.24) is 0 Å². The number of hydrogen-bond acceptors (Lipinski definition) is 4. The Morgan fingerprint density at radius 3 is 2.74 bits per heavy atom. The second-order valence-electron chi connectivity index (χ2n) is 3.51. The van der Waals surface area contributed by atoms with Gasteiger partial charge in [0, 0.05) is 6.08 Å². The Balaban J connectivity index is 2.15. The van der Waals surface area contributed by atoms with Crippen LogP contribution in [0.2, 0.25) is 0 Å². The number of ketones is 1. The van der Waals surface area contributed by atoms with Crippen LogP contribution in [-0.4, -0.2) is 12.4 Å². The average molecular weight is 288 g/mol. The summed E-state index contributed by atoms with van der Waals surface area (Å²) < 4.78 is 5.48. The maximum atomic E-state index is 11.8. The summed E-state index contributed by atoms with van der Waals surface area (Å²) in [4.78, 5) is 13.6. The minimum atomic E-state index is -0.245. The highest BCUT2D eigenvalue weighted by Crippen LogP contribution is 2.21. The molecule has 2 aromatic heterocycles. The predicted octanol–water partition coefficient (Wildman–Crippen LogP) is 3.81. The zero-order valence-electron chi connectivity index (χ0n) is 10.4. The molecule has 0 bridgehead atoms.